The molecule has 1 aromatic heterocycles. The van der Waals surface area contributed by atoms with Crippen molar-refractivity contribution in [3.05, 3.63) is 96.1 Å². The molecule has 0 N–H and O–H groups in total. The zero-order valence-corrected chi connectivity index (χ0v) is 17.2. The van der Waals surface area contributed by atoms with Gasteiger partial charge in [-0.15, -0.1) is 0 Å². The highest BCUT2D eigenvalue weighted by molar-refractivity contribution is 6.31. The van der Waals surface area contributed by atoms with Crippen molar-refractivity contribution in [2.45, 2.75) is 20.3 Å². The van der Waals surface area contributed by atoms with Crippen LogP contribution in [-0.2, 0) is 6.42 Å². The van der Waals surface area contributed by atoms with E-state index in [2.05, 4.69) is 98.8 Å². The van der Waals surface area contributed by atoms with Crippen molar-refractivity contribution in [2.75, 3.05) is 0 Å². The molecule has 0 spiro atoms. The molecule has 1 heterocycles. The van der Waals surface area contributed by atoms with Gasteiger partial charge in [-0.25, -0.2) is 0 Å². The van der Waals surface area contributed by atoms with E-state index in [4.69, 9.17) is 4.42 Å². The lowest BCUT2D eigenvalue weighted by Crippen LogP contribution is -1.91. The second-order valence-electron chi connectivity index (χ2n) is 8.04. The van der Waals surface area contributed by atoms with Crippen molar-refractivity contribution in [2.24, 2.45) is 0 Å². The van der Waals surface area contributed by atoms with E-state index in [-0.39, 0.29) is 0 Å². The summed E-state index contributed by atoms with van der Waals surface area (Å²) in [5, 5.41) is 7.37. The lowest BCUT2D eigenvalue weighted by molar-refractivity contribution is 0.673. The van der Waals surface area contributed by atoms with Crippen LogP contribution in [0.15, 0.2) is 89.3 Å². The summed E-state index contributed by atoms with van der Waals surface area (Å²) in [4.78, 5) is 0. The van der Waals surface area contributed by atoms with Gasteiger partial charge in [-0.05, 0) is 46.2 Å². The molecular formula is C29H22O. The van der Waals surface area contributed by atoms with Crippen molar-refractivity contribution >= 4 is 43.5 Å². The average molecular weight is 386 g/mol. The molecule has 0 aliphatic heterocycles. The maximum atomic E-state index is 6.76. The zero-order chi connectivity index (χ0) is 20.2. The Morgan fingerprint density at radius 3 is 1.97 bits per heavy atom. The molecule has 30 heavy (non-hydrogen) atoms. The van der Waals surface area contributed by atoms with Gasteiger partial charge in [0.1, 0.15) is 11.2 Å². The van der Waals surface area contributed by atoms with Crippen LogP contribution in [0.1, 0.15) is 18.1 Å². The minimum absolute atomic E-state index is 0.970. The van der Waals surface area contributed by atoms with Crippen LogP contribution in [0.2, 0.25) is 0 Å². The number of hydrogen-bond donors (Lipinski definition) is 0. The van der Waals surface area contributed by atoms with Gasteiger partial charge in [0.2, 0.25) is 0 Å². The molecule has 0 fully saturated rings. The lowest BCUT2D eigenvalue weighted by Gasteiger charge is -2.11. The van der Waals surface area contributed by atoms with Crippen molar-refractivity contribution in [1.82, 2.24) is 0 Å². The first-order chi connectivity index (χ1) is 14.8. The van der Waals surface area contributed by atoms with Crippen LogP contribution in [-0.4, -0.2) is 0 Å². The van der Waals surface area contributed by atoms with E-state index in [9.17, 15) is 0 Å². The second-order valence-corrected chi connectivity index (χ2v) is 8.04. The first-order valence-corrected chi connectivity index (χ1v) is 10.6. The van der Waals surface area contributed by atoms with E-state index in [0.29, 0.717) is 0 Å². The van der Waals surface area contributed by atoms with Gasteiger partial charge < -0.3 is 4.42 Å². The van der Waals surface area contributed by atoms with E-state index in [0.717, 1.165) is 17.6 Å². The quantitative estimate of drug-likeness (QED) is 0.272. The summed E-state index contributed by atoms with van der Waals surface area (Å²) in [5.41, 5.74) is 7.08. The molecule has 1 heteroatoms. The second kappa shape index (κ2) is 6.47. The SMILES string of the molecule is CCc1ccc2c(oc3c4ccccc4c4ccccc4c23)c1-c1ccccc1C. The van der Waals surface area contributed by atoms with Gasteiger partial charge in [-0.2, -0.15) is 0 Å². The van der Waals surface area contributed by atoms with Crippen LogP contribution >= 0.6 is 0 Å². The van der Waals surface area contributed by atoms with Crippen molar-refractivity contribution in [1.29, 1.82) is 0 Å². The van der Waals surface area contributed by atoms with E-state index in [1.807, 2.05) is 0 Å². The van der Waals surface area contributed by atoms with Gasteiger partial charge in [-0.3, -0.25) is 0 Å². The maximum Gasteiger partial charge on any atom is 0.143 e. The third kappa shape index (κ3) is 2.29. The van der Waals surface area contributed by atoms with Crippen molar-refractivity contribution in [3.63, 3.8) is 0 Å². The summed E-state index contributed by atoms with van der Waals surface area (Å²) in [6, 6.07) is 30.4. The standard InChI is InChI=1S/C29H22O/c1-3-19-16-17-25-27-23-14-8-6-12-21(23)22-13-7-9-15-24(22)28(27)30-29(25)26(19)20-11-5-4-10-18(20)2/h4-17H,3H2,1-2H3. The van der Waals surface area contributed by atoms with E-state index >= 15 is 0 Å². The molecule has 0 aliphatic rings. The summed E-state index contributed by atoms with van der Waals surface area (Å²) >= 11 is 0. The molecule has 0 amide bonds. The Morgan fingerprint density at radius 2 is 1.23 bits per heavy atom. The summed E-state index contributed by atoms with van der Waals surface area (Å²) in [6.45, 7) is 4.40. The molecule has 0 aliphatic carbocycles. The van der Waals surface area contributed by atoms with Gasteiger partial charge in [0.15, 0.2) is 0 Å². The maximum absolute atomic E-state index is 6.76. The van der Waals surface area contributed by atoms with Crippen LogP contribution in [0, 0.1) is 6.92 Å². The van der Waals surface area contributed by atoms with E-state index in [1.54, 1.807) is 0 Å². The van der Waals surface area contributed by atoms with Gasteiger partial charge in [0.25, 0.3) is 0 Å². The average Bonchev–Trinajstić information content (AvgIpc) is 3.19. The van der Waals surface area contributed by atoms with Crippen LogP contribution in [0.25, 0.3) is 54.6 Å². The lowest BCUT2D eigenvalue weighted by atomic mass is 9.91. The minimum atomic E-state index is 0.970. The van der Waals surface area contributed by atoms with Crippen molar-refractivity contribution in [3.8, 4) is 11.1 Å². The molecule has 0 radical (unpaired) electrons. The third-order valence-corrected chi connectivity index (χ3v) is 6.40. The highest BCUT2D eigenvalue weighted by atomic mass is 16.3. The van der Waals surface area contributed by atoms with Gasteiger partial charge in [0, 0.05) is 21.7 Å². The smallest absolute Gasteiger partial charge is 0.143 e. The van der Waals surface area contributed by atoms with Crippen LogP contribution < -0.4 is 0 Å². The Hall–Kier alpha value is -3.58. The van der Waals surface area contributed by atoms with Crippen molar-refractivity contribution < 1.29 is 4.42 Å². The fraction of sp³-hybridized carbons (Fsp3) is 0.103. The number of fused-ring (bicyclic) bond motifs is 8. The molecule has 6 aromatic rings. The molecule has 0 bridgehead atoms. The number of rotatable bonds is 2. The third-order valence-electron chi connectivity index (χ3n) is 6.40. The minimum Gasteiger partial charge on any atom is -0.455 e. The fourth-order valence-electron chi connectivity index (χ4n) is 4.95. The molecule has 1 nitrogen and oxygen atoms in total. The highest BCUT2D eigenvalue weighted by Gasteiger charge is 2.20. The van der Waals surface area contributed by atoms with Gasteiger partial charge in [0.05, 0.1) is 0 Å². The van der Waals surface area contributed by atoms with Gasteiger partial charge >= 0.3 is 0 Å². The fourth-order valence-corrected chi connectivity index (χ4v) is 4.95. The van der Waals surface area contributed by atoms with Crippen LogP contribution in [0.5, 0.6) is 0 Å². The summed E-state index contributed by atoms with van der Waals surface area (Å²) < 4.78 is 6.76. The predicted molar refractivity (Wildman–Crippen MR) is 128 cm³/mol. The molecule has 0 saturated heterocycles. The monoisotopic (exact) mass is 386 g/mol. The molecule has 6 rings (SSSR count). The van der Waals surface area contributed by atoms with E-state index < -0.39 is 0 Å². The largest absolute Gasteiger partial charge is 0.455 e. The van der Waals surface area contributed by atoms with E-state index in [1.165, 1.54) is 54.6 Å². The first-order valence-electron chi connectivity index (χ1n) is 10.6. The highest BCUT2D eigenvalue weighted by Crippen LogP contribution is 2.44. The Kier molecular flexibility index (Phi) is 3.73. The Morgan fingerprint density at radius 1 is 0.600 bits per heavy atom. The van der Waals surface area contributed by atoms with Crippen LogP contribution in [0.3, 0.4) is 0 Å². The summed E-state index contributed by atoms with van der Waals surface area (Å²) in [7, 11) is 0. The molecule has 144 valence electrons. The summed E-state index contributed by atoms with van der Waals surface area (Å²) in [6.07, 6.45) is 0.970. The molecule has 0 unspecified atom stereocenters. The normalized spacial score (nSPS) is 11.8. The molecule has 0 atom stereocenters. The Labute approximate surface area is 175 Å². The summed E-state index contributed by atoms with van der Waals surface area (Å²) in [5.74, 6) is 0. The Bertz CT molecular complexity index is 1580. The number of benzene rings is 5. The number of furan rings is 1. The Balaban J connectivity index is 1.90. The van der Waals surface area contributed by atoms with Crippen LogP contribution in [0.4, 0.5) is 0 Å². The first kappa shape index (κ1) is 17.3. The topological polar surface area (TPSA) is 13.1 Å². The number of aryl methyl sites for hydroxylation is 2. The molecular weight excluding hydrogens is 364 g/mol. The molecule has 5 aromatic carbocycles. The molecule has 0 saturated carbocycles. The predicted octanol–water partition coefficient (Wildman–Crippen LogP) is 8.43. The van der Waals surface area contributed by atoms with Gasteiger partial charge in [-0.1, -0.05) is 91.9 Å². The number of hydrogen-bond acceptors (Lipinski definition) is 1. The zero-order valence-electron chi connectivity index (χ0n) is 17.2.